The molecule has 2 heterocycles. The van der Waals surface area contributed by atoms with Gasteiger partial charge in [0.25, 0.3) is 0 Å². The summed E-state index contributed by atoms with van der Waals surface area (Å²) in [5.41, 5.74) is 14.5. The molecule has 7 rings (SSSR count). The van der Waals surface area contributed by atoms with E-state index in [0.717, 1.165) is 22.5 Å². The van der Waals surface area contributed by atoms with E-state index >= 15 is 0 Å². The number of aryl methyl sites for hydroxylation is 2. The molecule has 4 aromatic carbocycles. The minimum absolute atomic E-state index is 0. The molecule has 0 fully saturated rings. The largest absolute Gasteiger partial charge is 0.305 e. The first-order chi connectivity index (χ1) is 21.5. The number of nitrogens with zero attached hydrogens (tertiary/aromatic N) is 2. The van der Waals surface area contributed by atoms with Gasteiger partial charge in [0.05, 0.1) is 8.07 Å². The molecule has 6 aromatic rings. The third-order valence-corrected chi connectivity index (χ3v) is 11.0. The Morgan fingerprint density at radius 1 is 0.609 bits per heavy atom. The molecule has 46 heavy (non-hydrogen) atoms. The number of rotatable bonds is 4. The Morgan fingerprint density at radius 3 is 1.98 bits per heavy atom. The molecule has 2 nitrogen and oxygen atoms in total. The number of hydrogen-bond donors (Lipinski definition) is 0. The molecule has 0 saturated heterocycles. The van der Waals surface area contributed by atoms with Crippen LogP contribution in [-0.4, -0.2) is 18.0 Å². The van der Waals surface area contributed by atoms with Crippen LogP contribution in [0.2, 0.25) is 19.6 Å². The Kier molecular flexibility index (Phi) is 9.74. The van der Waals surface area contributed by atoms with Crippen molar-refractivity contribution >= 4 is 13.3 Å². The van der Waals surface area contributed by atoms with Crippen molar-refractivity contribution in [3.63, 3.8) is 0 Å². The van der Waals surface area contributed by atoms with Crippen LogP contribution in [0, 0.1) is 26.0 Å². The molecule has 0 bridgehead atoms. The van der Waals surface area contributed by atoms with Crippen LogP contribution in [0.4, 0.5) is 0 Å². The summed E-state index contributed by atoms with van der Waals surface area (Å²) in [6, 6.07) is 42.6. The summed E-state index contributed by atoms with van der Waals surface area (Å²) in [6.07, 6.45) is 4.06. The zero-order chi connectivity index (χ0) is 31.8. The quantitative estimate of drug-likeness (QED) is 0.131. The first kappa shape index (κ1) is 33.4. The van der Waals surface area contributed by atoms with Crippen LogP contribution in [0.25, 0.3) is 44.8 Å². The van der Waals surface area contributed by atoms with Gasteiger partial charge in [0.1, 0.15) is 0 Å². The van der Waals surface area contributed by atoms with Gasteiger partial charge in [0, 0.05) is 43.5 Å². The molecule has 1 aliphatic carbocycles. The van der Waals surface area contributed by atoms with E-state index in [1.807, 2.05) is 42.7 Å². The van der Waals surface area contributed by atoms with Crippen LogP contribution in [0.5, 0.6) is 0 Å². The van der Waals surface area contributed by atoms with Crippen molar-refractivity contribution in [3.05, 3.63) is 150 Å². The van der Waals surface area contributed by atoms with Crippen molar-refractivity contribution in [3.8, 4) is 44.8 Å². The predicted molar refractivity (Wildman–Crippen MR) is 192 cm³/mol. The average Bonchev–Trinajstić information content (AvgIpc) is 3.27. The smallest absolute Gasteiger partial charge is 0.0795 e. The van der Waals surface area contributed by atoms with Gasteiger partial charge in [-0.1, -0.05) is 94.2 Å². The van der Waals surface area contributed by atoms with Gasteiger partial charge in [-0.05, 0) is 63.8 Å². The van der Waals surface area contributed by atoms with Gasteiger partial charge in [0.2, 0.25) is 0 Å². The van der Waals surface area contributed by atoms with Gasteiger partial charge in [-0.3, -0.25) is 0 Å². The van der Waals surface area contributed by atoms with E-state index in [1.54, 1.807) is 0 Å². The third-order valence-electron chi connectivity index (χ3n) is 8.93. The topological polar surface area (TPSA) is 25.8 Å². The normalized spacial score (nSPS) is 12.7. The number of benzene rings is 4. The van der Waals surface area contributed by atoms with Gasteiger partial charge in [-0.15, -0.1) is 71.3 Å². The Hall–Kier alpha value is -3.95. The molecule has 0 aliphatic heterocycles. The fourth-order valence-electron chi connectivity index (χ4n) is 6.33. The Balaban J connectivity index is 0.000000209. The van der Waals surface area contributed by atoms with E-state index in [1.165, 1.54) is 49.7 Å². The van der Waals surface area contributed by atoms with Gasteiger partial charge in [-0.25, -0.2) is 0 Å². The molecular formula is C42H40IrN2Si-2. The summed E-state index contributed by atoms with van der Waals surface area (Å²) in [6.45, 7) is 15.9. The minimum Gasteiger partial charge on any atom is -0.305 e. The molecule has 0 saturated carbocycles. The molecule has 4 heteroatoms. The van der Waals surface area contributed by atoms with Crippen LogP contribution in [-0.2, 0) is 25.5 Å². The van der Waals surface area contributed by atoms with Crippen molar-refractivity contribution in [2.75, 3.05) is 0 Å². The number of pyridine rings is 2. The van der Waals surface area contributed by atoms with E-state index in [-0.39, 0.29) is 25.5 Å². The van der Waals surface area contributed by atoms with E-state index in [9.17, 15) is 0 Å². The summed E-state index contributed by atoms with van der Waals surface area (Å²) in [4.78, 5) is 9.35. The Bertz CT molecular complexity index is 1950. The molecule has 2 aromatic heterocycles. The van der Waals surface area contributed by atoms with E-state index in [0.29, 0.717) is 0 Å². The second kappa shape index (κ2) is 13.4. The van der Waals surface area contributed by atoms with Gasteiger partial charge >= 0.3 is 0 Å². The molecule has 233 valence electrons. The predicted octanol–water partition coefficient (Wildman–Crippen LogP) is 10.2. The monoisotopic (exact) mass is 793 g/mol. The maximum absolute atomic E-state index is 4.83. The van der Waals surface area contributed by atoms with Crippen molar-refractivity contribution in [1.29, 1.82) is 0 Å². The van der Waals surface area contributed by atoms with Crippen molar-refractivity contribution < 1.29 is 20.1 Å². The van der Waals surface area contributed by atoms with Crippen molar-refractivity contribution in [1.82, 2.24) is 9.97 Å². The second-order valence-electron chi connectivity index (χ2n) is 13.5. The van der Waals surface area contributed by atoms with E-state index in [2.05, 4.69) is 137 Å². The number of aromatic nitrogens is 2. The maximum atomic E-state index is 4.83. The molecule has 0 spiro atoms. The van der Waals surface area contributed by atoms with Crippen LogP contribution in [0.1, 0.15) is 36.1 Å². The fraction of sp³-hybridized carbons (Fsp3) is 0.190. The summed E-state index contributed by atoms with van der Waals surface area (Å²) < 4.78 is 0. The average molecular weight is 793 g/mol. The Labute approximate surface area is 289 Å². The van der Waals surface area contributed by atoms with Crippen LogP contribution in [0.3, 0.4) is 0 Å². The van der Waals surface area contributed by atoms with Crippen LogP contribution in [0.15, 0.2) is 116 Å². The van der Waals surface area contributed by atoms with Crippen molar-refractivity contribution in [2.45, 2.75) is 52.8 Å². The molecule has 1 radical (unpaired) electrons. The number of fused-ring (bicyclic) bond motifs is 3. The number of hydrogen-bond acceptors (Lipinski definition) is 2. The van der Waals surface area contributed by atoms with Gasteiger partial charge < -0.3 is 9.97 Å². The van der Waals surface area contributed by atoms with Gasteiger partial charge in [0.15, 0.2) is 0 Å². The molecule has 1 aliphatic rings. The van der Waals surface area contributed by atoms with E-state index < -0.39 is 8.07 Å². The van der Waals surface area contributed by atoms with Gasteiger partial charge in [-0.2, -0.15) is 0 Å². The summed E-state index contributed by atoms with van der Waals surface area (Å²) in [5, 5.41) is 1.40. The standard InChI is InChI=1S/C28H24N.C14H16NSi.Ir/c1-18-9-7-10-19(2)27(18)21-12-8-11-20(15-21)26-16-25-23(17-29-26)22-13-5-6-14-24(22)28(25,3)4;1-16(2,3)13-9-10-14(15-11-13)12-7-5-4-6-8-12;/h5-10,12-17H,1-4H3;4-7,9-11H,1-3H3;/q2*-1;. The zero-order valence-corrected chi connectivity index (χ0v) is 31.1. The molecule has 0 amide bonds. The summed E-state index contributed by atoms with van der Waals surface area (Å²) in [7, 11) is -1.23. The second-order valence-corrected chi connectivity index (χ2v) is 18.6. The van der Waals surface area contributed by atoms with Crippen LogP contribution < -0.4 is 5.19 Å². The van der Waals surface area contributed by atoms with Crippen molar-refractivity contribution in [2.24, 2.45) is 0 Å². The SMILES string of the molecule is C[Si](C)(C)c1ccc(-c2[c-]cccc2)nc1.Cc1cccc(C)c1-c1cc[c-]c(-c2cc3c(cn2)-c2ccccc2C3(C)C)c1.[Ir]. The molecular weight excluding hydrogens is 753 g/mol. The first-order valence-electron chi connectivity index (χ1n) is 15.7. The molecule has 0 atom stereocenters. The molecule has 0 unspecified atom stereocenters. The first-order valence-corrected chi connectivity index (χ1v) is 19.2. The Morgan fingerprint density at radius 2 is 1.30 bits per heavy atom. The zero-order valence-electron chi connectivity index (χ0n) is 27.7. The minimum atomic E-state index is -1.23. The summed E-state index contributed by atoms with van der Waals surface area (Å²) >= 11 is 0. The summed E-state index contributed by atoms with van der Waals surface area (Å²) in [5.74, 6) is 0. The van der Waals surface area contributed by atoms with E-state index in [4.69, 9.17) is 4.98 Å². The third kappa shape index (κ3) is 6.62. The van der Waals surface area contributed by atoms with Crippen LogP contribution >= 0.6 is 0 Å². The fourth-order valence-corrected chi connectivity index (χ4v) is 7.37. The maximum Gasteiger partial charge on any atom is 0.0795 e. The molecule has 0 N–H and O–H groups in total.